The molecular weight excluding hydrogens is 480 g/mol. The SMILES string of the molecule is CNC(=O)c1ccc(-c2cccc(Oc3ccc(C#N)cc3S(=O)(=O)NC(=O)NC(C)(C)C)c2)cc1. The van der Waals surface area contributed by atoms with Gasteiger partial charge in [-0.2, -0.15) is 5.26 Å². The van der Waals surface area contributed by atoms with Gasteiger partial charge in [-0.3, -0.25) is 4.79 Å². The average molecular weight is 507 g/mol. The first-order chi connectivity index (χ1) is 16.9. The number of urea groups is 1. The first kappa shape index (κ1) is 26.2. The summed E-state index contributed by atoms with van der Waals surface area (Å²) in [6.07, 6.45) is 0. The molecule has 0 spiro atoms. The molecule has 3 amide bonds. The highest BCUT2D eigenvalue weighted by atomic mass is 32.2. The lowest BCUT2D eigenvalue weighted by molar-refractivity contribution is 0.0963. The highest BCUT2D eigenvalue weighted by Gasteiger charge is 2.25. The van der Waals surface area contributed by atoms with E-state index in [1.165, 1.54) is 12.1 Å². The van der Waals surface area contributed by atoms with Crippen LogP contribution in [0.1, 0.15) is 36.7 Å². The van der Waals surface area contributed by atoms with Crippen LogP contribution in [-0.2, 0) is 10.0 Å². The molecule has 186 valence electrons. The molecule has 0 aromatic heterocycles. The number of nitriles is 1. The van der Waals surface area contributed by atoms with Crippen LogP contribution in [0.15, 0.2) is 71.6 Å². The summed E-state index contributed by atoms with van der Waals surface area (Å²) in [5.41, 5.74) is 1.54. The molecule has 0 saturated heterocycles. The van der Waals surface area contributed by atoms with Gasteiger partial charge < -0.3 is 15.4 Å². The Balaban J connectivity index is 1.92. The largest absolute Gasteiger partial charge is 0.456 e. The minimum Gasteiger partial charge on any atom is -0.456 e. The zero-order chi connectivity index (χ0) is 26.5. The normalized spacial score (nSPS) is 11.2. The number of amides is 3. The zero-order valence-corrected chi connectivity index (χ0v) is 21.1. The van der Waals surface area contributed by atoms with E-state index >= 15 is 0 Å². The predicted molar refractivity (Wildman–Crippen MR) is 135 cm³/mol. The van der Waals surface area contributed by atoms with Crippen molar-refractivity contribution in [2.45, 2.75) is 31.2 Å². The number of ether oxygens (including phenoxy) is 1. The molecule has 0 saturated carbocycles. The van der Waals surface area contributed by atoms with Crippen LogP contribution in [-0.4, -0.2) is 32.9 Å². The molecule has 0 aliphatic rings. The Kier molecular flexibility index (Phi) is 7.65. The number of carbonyl (C=O) groups excluding carboxylic acids is 2. The van der Waals surface area contributed by atoms with Gasteiger partial charge >= 0.3 is 6.03 Å². The molecule has 0 fully saturated rings. The van der Waals surface area contributed by atoms with Crippen molar-refractivity contribution >= 4 is 22.0 Å². The fraction of sp³-hybridized carbons (Fsp3) is 0.192. The second kappa shape index (κ2) is 10.5. The van der Waals surface area contributed by atoms with Crippen LogP contribution in [0.3, 0.4) is 0 Å². The lowest BCUT2D eigenvalue weighted by atomic mass is 10.0. The van der Waals surface area contributed by atoms with Gasteiger partial charge in [0.25, 0.3) is 15.9 Å². The van der Waals surface area contributed by atoms with Gasteiger partial charge in [-0.05, 0) is 74.4 Å². The third-order valence-corrected chi connectivity index (χ3v) is 6.20. The van der Waals surface area contributed by atoms with Gasteiger partial charge in [0.05, 0.1) is 11.6 Å². The average Bonchev–Trinajstić information content (AvgIpc) is 2.82. The summed E-state index contributed by atoms with van der Waals surface area (Å²) in [5.74, 6) is 0.0818. The summed E-state index contributed by atoms with van der Waals surface area (Å²) in [4.78, 5) is 23.7. The number of nitrogens with one attached hydrogen (secondary N) is 3. The van der Waals surface area contributed by atoms with Gasteiger partial charge in [-0.1, -0.05) is 24.3 Å². The fourth-order valence-electron chi connectivity index (χ4n) is 3.24. The first-order valence-electron chi connectivity index (χ1n) is 10.9. The molecule has 3 aromatic carbocycles. The lowest BCUT2D eigenvalue weighted by Gasteiger charge is -2.21. The van der Waals surface area contributed by atoms with Crippen molar-refractivity contribution in [3.63, 3.8) is 0 Å². The molecule has 0 aliphatic carbocycles. The second-order valence-electron chi connectivity index (χ2n) is 8.87. The standard InChI is InChI=1S/C26H26N4O5S/c1-26(2,3)29-25(32)30-36(33,34)23-14-17(16-27)8-13-22(23)35-21-7-5-6-20(15-21)18-9-11-19(12-10-18)24(31)28-4/h5-15H,1-4H3,(H,28,31)(H2,29,30,32). The van der Waals surface area contributed by atoms with E-state index in [1.807, 2.05) is 16.9 Å². The number of benzene rings is 3. The molecule has 9 nitrogen and oxygen atoms in total. The van der Waals surface area contributed by atoms with E-state index in [1.54, 1.807) is 70.3 Å². The van der Waals surface area contributed by atoms with Crippen LogP contribution in [0, 0.1) is 11.3 Å². The van der Waals surface area contributed by atoms with Gasteiger partial charge in [-0.15, -0.1) is 0 Å². The van der Waals surface area contributed by atoms with Gasteiger partial charge in [0, 0.05) is 18.2 Å². The van der Waals surface area contributed by atoms with E-state index in [4.69, 9.17) is 4.74 Å². The molecule has 0 atom stereocenters. The third kappa shape index (κ3) is 6.61. The molecular formula is C26H26N4O5S. The summed E-state index contributed by atoms with van der Waals surface area (Å²) in [5, 5.41) is 14.4. The number of hydrogen-bond acceptors (Lipinski definition) is 6. The smallest absolute Gasteiger partial charge is 0.329 e. The van der Waals surface area contributed by atoms with E-state index < -0.39 is 21.6 Å². The van der Waals surface area contributed by atoms with Crippen LogP contribution in [0.4, 0.5) is 4.79 Å². The maximum absolute atomic E-state index is 13.0. The van der Waals surface area contributed by atoms with E-state index in [0.29, 0.717) is 11.3 Å². The summed E-state index contributed by atoms with van der Waals surface area (Å²) in [7, 11) is -2.81. The monoisotopic (exact) mass is 506 g/mol. The summed E-state index contributed by atoms with van der Waals surface area (Å²) >= 11 is 0. The second-order valence-corrected chi connectivity index (χ2v) is 10.5. The number of rotatable bonds is 6. The molecule has 3 rings (SSSR count). The summed E-state index contributed by atoms with van der Waals surface area (Å²) in [6.45, 7) is 5.13. The summed E-state index contributed by atoms with van der Waals surface area (Å²) in [6, 6.07) is 18.8. The van der Waals surface area contributed by atoms with Crippen molar-refractivity contribution < 1.29 is 22.7 Å². The predicted octanol–water partition coefficient (Wildman–Crippen LogP) is 4.16. The maximum Gasteiger partial charge on any atom is 0.329 e. The first-order valence-corrected chi connectivity index (χ1v) is 12.4. The Morgan fingerprint density at radius 1 is 0.944 bits per heavy atom. The molecule has 36 heavy (non-hydrogen) atoms. The Hall–Kier alpha value is -4.36. The molecule has 0 bridgehead atoms. The van der Waals surface area contributed by atoms with Gasteiger partial charge in [0.1, 0.15) is 16.4 Å². The Bertz CT molecular complexity index is 1440. The quantitative estimate of drug-likeness (QED) is 0.459. The van der Waals surface area contributed by atoms with Gasteiger partial charge in [0.15, 0.2) is 0 Å². The number of hydrogen-bond donors (Lipinski definition) is 3. The third-order valence-electron chi connectivity index (χ3n) is 4.85. The van der Waals surface area contributed by atoms with Crippen molar-refractivity contribution in [1.29, 1.82) is 5.26 Å². The molecule has 0 radical (unpaired) electrons. The topological polar surface area (TPSA) is 137 Å². The van der Waals surface area contributed by atoms with Gasteiger partial charge in [-0.25, -0.2) is 17.9 Å². The molecule has 0 heterocycles. The van der Waals surface area contributed by atoms with Crippen molar-refractivity contribution in [1.82, 2.24) is 15.4 Å². The highest BCUT2D eigenvalue weighted by molar-refractivity contribution is 7.90. The van der Waals surface area contributed by atoms with E-state index in [2.05, 4.69) is 10.6 Å². The van der Waals surface area contributed by atoms with Crippen molar-refractivity contribution in [2.24, 2.45) is 0 Å². The van der Waals surface area contributed by atoms with Crippen LogP contribution in [0.25, 0.3) is 11.1 Å². The minimum absolute atomic E-state index is 0.0582. The van der Waals surface area contributed by atoms with E-state index in [0.717, 1.165) is 17.2 Å². The van der Waals surface area contributed by atoms with Crippen molar-refractivity contribution in [2.75, 3.05) is 7.05 Å². The molecule has 10 heteroatoms. The maximum atomic E-state index is 13.0. The molecule has 0 unspecified atom stereocenters. The number of carbonyl (C=O) groups is 2. The minimum atomic E-state index is -4.37. The van der Waals surface area contributed by atoms with E-state index in [-0.39, 0.29) is 22.1 Å². The molecule has 3 N–H and O–H groups in total. The summed E-state index contributed by atoms with van der Waals surface area (Å²) < 4.78 is 33.9. The fourth-order valence-corrected chi connectivity index (χ4v) is 4.30. The Morgan fingerprint density at radius 3 is 2.25 bits per heavy atom. The lowest BCUT2D eigenvalue weighted by Crippen LogP contribution is -2.48. The van der Waals surface area contributed by atoms with Crippen LogP contribution >= 0.6 is 0 Å². The number of sulfonamides is 1. The number of nitrogens with zero attached hydrogens (tertiary/aromatic N) is 1. The molecule has 3 aromatic rings. The molecule has 0 aliphatic heterocycles. The van der Waals surface area contributed by atoms with E-state index in [9.17, 15) is 23.3 Å². The van der Waals surface area contributed by atoms with Crippen LogP contribution in [0.5, 0.6) is 11.5 Å². The zero-order valence-electron chi connectivity index (χ0n) is 20.2. The van der Waals surface area contributed by atoms with Gasteiger partial charge in [0.2, 0.25) is 0 Å². The Labute approximate surface area is 210 Å². The van der Waals surface area contributed by atoms with Crippen LogP contribution < -0.4 is 20.1 Å². The van der Waals surface area contributed by atoms with Crippen LogP contribution in [0.2, 0.25) is 0 Å². The highest BCUT2D eigenvalue weighted by Crippen LogP contribution is 2.32. The van der Waals surface area contributed by atoms with Crippen molar-refractivity contribution in [3.05, 3.63) is 77.9 Å². The van der Waals surface area contributed by atoms with Crippen molar-refractivity contribution in [3.8, 4) is 28.7 Å². The Morgan fingerprint density at radius 2 is 1.64 bits per heavy atom.